The first-order valence-corrected chi connectivity index (χ1v) is 8.12. The first-order chi connectivity index (χ1) is 11.2. The van der Waals surface area contributed by atoms with E-state index in [9.17, 15) is 9.59 Å². The molecular formula is C17H22N2O4. The molecule has 0 aliphatic carbocycles. The fourth-order valence-corrected chi connectivity index (χ4v) is 3.10. The van der Waals surface area contributed by atoms with Crippen LogP contribution in [-0.4, -0.2) is 36.6 Å². The third kappa shape index (κ3) is 3.41. The lowest BCUT2D eigenvalue weighted by Crippen LogP contribution is -2.45. The SMILES string of the molecule is CCC(=O)N1CCCC(C(=O)NCc2cccc3c2OCO3)C1. The Bertz CT molecular complexity index is 602. The predicted molar refractivity (Wildman–Crippen MR) is 84.0 cm³/mol. The second-order valence-corrected chi connectivity index (χ2v) is 5.90. The molecule has 6 nitrogen and oxygen atoms in total. The summed E-state index contributed by atoms with van der Waals surface area (Å²) in [6.07, 6.45) is 2.19. The van der Waals surface area contributed by atoms with Gasteiger partial charge in [-0.05, 0) is 18.9 Å². The molecule has 0 spiro atoms. The van der Waals surface area contributed by atoms with Crippen LogP contribution >= 0.6 is 0 Å². The zero-order chi connectivity index (χ0) is 16.2. The van der Waals surface area contributed by atoms with E-state index in [4.69, 9.17) is 9.47 Å². The molecular weight excluding hydrogens is 296 g/mol. The smallest absolute Gasteiger partial charge is 0.231 e. The Morgan fingerprint density at radius 1 is 1.35 bits per heavy atom. The number of carbonyl (C=O) groups excluding carboxylic acids is 2. The van der Waals surface area contributed by atoms with Crippen molar-refractivity contribution in [2.75, 3.05) is 19.9 Å². The van der Waals surface area contributed by atoms with Gasteiger partial charge in [0, 0.05) is 31.6 Å². The molecule has 1 fully saturated rings. The van der Waals surface area contributed by atoms with Crippen molar-refractivity contribution >= 4 is 11.8 Å². The number of amides is 2. The molecule has 1 saturated heterocycles. The van der Waals surface area contributed by atoms with Crippen LogP contribution in [0.15, 0.2) is 18.2 Å². The average Bonchev–Trinajstić information content (AvgIpc) is 3.08. The molecule has 1 aromatic carbocycles. The predicted octanol–water partition coefficient (Wildman–Crippen LogP) is 1.68. The number of fused-ring (bicyclic) bond motifs is 1. The number of likely N-dealkylation sites (tertiary alicyclic amines) is 1. The molecule has 1 N–H and O–H groups in total. The van der Waals surface area contributed by atoms with Crippen LogP contribution in [0.3, 0.4) is 0 Å². The number of nitrogens with one attached hydrogen (secondary N) is 1. The number of rotatable bonds is 4. The molecule has 1 unspecified atom stereocenters. The minimum atomic E-state index is -0.131. The number of hydrogen-bond donors (Lipinski definition) is 1. The molecule has 2 amide bonds. The van der Waals surface area contributed by atoms with Crippen molar-refractivity contribution in [1.29, 1.82) is 0 Å². The molecule has 0 radical (unpaired) electrons. The zero-order valence-corrected chi connectivity index (χ0v) is 13.3. The van der Waals surface area contributed by atoms with E-state index in [0.29, 0.717) is 31.0 Å². The highest BCUT2D eigenvalue weighted by Crippen LogP contribution is 2.35. The third-order valence-corrected chi connectivity index (χ3v) is 4.38. The number of piperidine rings is 1. The van der Waals surface area contributed by atoms with E-state index in [1.54, 1.807) is 4.90 Å². The van der Waals surface area contributed by atoms with Crippen molar-refractivity contribution in [3.8, 4) is 11.5 Å². The highest BCUT2D eigenvalue weighted by molar-refractivity contribution is 5.81. The van der Waals surface area contributed by atoms with Crippen molar-refractivity contribution in [2.24, 2.45) is 5.92 Å². The lowest BCUT2D eigenvalue weighted by atomic mass is 9.96. The minimum absolute atomic E-state index is 0.00452. The van der Waals surface area contributed by atoms with Gasteiger partial charge in [-0.25, -0.2) is 0 Å². The lowest BCUT2D eigenvalue weighted by Gasteiger charge is -2.32. The average molecular weight is 318 g/mol. The molecule has 0 bridgehead atoms. The van der Waals surface area contributed by atoms with Crippen LogP contribution in [-0.2, 0) is 16.1 Å². The van der Waals surface area contributed by atoms with E-state index < -0.39 is 0 Å². The topological polar surface area (TPSA) is 67.9 Å². The van der Waals surface area contributed by atoms with Gasteiger partial charge in [0.15, 0.2) is 11.5 Å². The number of ether oxygens (including phenoxy) is 2. The van der Waals surface area contributed by atoms with Gasteiger partial charge in [-0.1, -0.05) is 19.1 Å². The molecule has 0 saturated carbocycles. The Morgan fingerprint density at radius 3 is 3.04 bits per heavy atom. The molecule has 1 aromatic rings. The van der Waals surface area contributed by atoms with E-state index in [-0.39, 0.29) is 24.5 Å². The van der Waals surface area contributed by atoms with Gasteiger partial charge in [-0.15, -0.1) is 0 Å². The highest BCUT2D eigenvalue weighted by Gasteiger charge is 2.28. The lowest BCUT2D eigenvalue weighted by molar-refractivity contribution is -0.135. The van der Waals surface area contributed by atoms with Gasteiger partial charge < -0.3 is 19.7 Å². The van der Waals surface area contributed by atoms with Gasteiger partial charge in [0.1, 0.15) is 0 Å². The molecule has 2 heterocycles. The van der Waals surface area contributed by atoms with E-state index in [0.717, 1.165) is 24.9 Å². The van der Waals surface area contributed by atoms with E-state index in [1.165, 1.54) is 0 Å². The summed E-state index contributed by atoms with van der Waals surface area (Å²) in [5, 5.41) is 2.96. The molecule has 0 aromatic heterocycles. The second-order valence-electron chi connectivity index (χ2n) is 5.90. The summed E-state index contributed by atoms with van der Waals surface area (Å²) >= 11 is 0. The maximum absolute atomic E-state index is 12.4. The first-order valence-electron chi connectivity index (χ1n) is 8.12. The van der Waals surface area contributed by atoms with Crippen molar-refractivity contribution in [3.05, 3.63) is 23.8 Å². The van der Waals surface area contributed by atoms with Crippen molar-refractivity contribution in [3.63, 3.8) is 0 Å². The van der Waals surface area contributed by atoms with Crippen LogP contribution in [0.4, 0.5) is 0 Å². The van der Waals surface area contributed by atoms with Crippen LogP contribution in [0.25, 0.3) is 0 Å². The van der Waals surface area contributed by atoms with E-state index >= 15 is 0 Å². The van der Waals surface area contributed by atoms with Gasteiger partial charge in [0.05, 0.1) is 5.92 Å². The van der Waals surface area contributed by atoms with Gasteiger partial charge in [-0.3, -0.25) is 9.59 Å². The van der Waals surface area contributed by atoms with Crippen molar-refractivity contribution < 1.29 is 19.1 Å². The fraction of sp³-hybridized carbons (Fsp3) is 0.529. The van der Waals surface area contributed by atoms with Crippen LogP contribution < -0.4 is 14.8 Å². The molecule has 3 rings (SSSR count). The maximum Gasteiger partial charge on any atom is 0.231 e. The Balaban J connectivity index is 1.57. The summed E-state index contributed by atoms with van der Waals surface area (Å²) in [7, 11) is 0. The fourth-order valence-electron chi connectivity index (χ4n) is 3.10. The summed E-state index contributed by atoms with van der Waals surface area (Å²) < 4.78 is 10.8. The quantitative estimate of drug-likeness (QED) is 0.917. The third-order valence-electron chi connectivity index (χ3n) is 4.38. The number of para-hydroxylation sites is 1. The molecule has 6 heteroatoms. The van der Waals surface area contributed by atoms with Gasteiger partial charge in [0.2, 0.25) is 18.6 Å². The summed E-state index contributed by atoms with van der Waals surface area (Å²) in [5.74, 6) is 1.41. The number of benzene rings is 1. The van der Waals surface area contributed by atoms with Gasteiger partial charge in [0.25, 0.3) is 0 Å². The Labute approximate surface area is 135 Å². The Morgan fingerprint density at radius 2 is 2.22 bits per heavy atom. The van der Waals surface area contributed by atoms with E-state index in [1.807, 2.05) is 25.1 Å². The monoisotopic (exact) mass is 318 g/mol. The van der Waals surface area contributed by atoms with Crippen molar-refractivity contribution in [2.45, 2.75) is 32.7 Å². The summed E-state index contributed by atoms with van der Waals surface area (Å²) in [6, 6.07) is 5.65. The summed E-state index contributed by atoms with van der Waals surface area (Å²) in [5.41, 5.74) is 0.908. The summed E-state index contributed by atoms with van der Waals surface area (Å²) in [4.78, 5) is 26.0. The standard InChI is InChI=1S/C17H22N2O4/c1-2-15(20)19-8-4-6-13(10-19)17(21)18-9-12-5-3-7-14-16(12)23-11-22-14/h3,5,7,13H,2,4,6,8-11H2,1H3,(H,18,21). The molecule has 1 atom stereocenters. The Hall–Kier alpha value is -2.24. The molecule has 23 heavy (non-hydrogen) atoms. The normalized spacial score (nSPS) is 19.5. The van der Waals surface area contributed by atoms with Crippen LogP contribution in [0.5, 0.6) is 11.5 Å². The first kappa shape index (κ1) is 15.6. The van der Waals surface area contributed by atoms with Crippen LogP contribution in [0.1, 0.15) is 31.7 Å². The summed E-state index contributed by atoms with van der Waals surface area (Å²) in [6.45, 7) is 3.75. The zero-order valence-electron chi connectivity index (χ0n) is 13.3. The maximum atomic E-state index is 12.4. The molecule has 2 aliphatic heterocycles. The number of nitrogens with zero attached hydrogens (tertiary/aromatic N) is 1. The Kier molecular flexibility index (Phi) is 4.69. The van der Waals surface area contributed by atoms with Gasteiger partial charge >= 0.3 is 0 Å². The van der Waals surface area contributed by atoms with Crippen molar-refractivity contribution in [1.82, 2.24) is 10.2 Å². The minimum Gasteiger partial charge on any atom is -0.454 e. The van der Waals surface area contributed by atoms with Crippen LogP contribution in [0, 0.1) is 5.92 Å². The molecule has 124 valence electrons. The number of hydrogen-bond acceptors (Lipinski definition) is 4. The second kappa shape index (κ2) is 6.89. The number of carbonyl (C=O) groups is 2. The van der Waals surface area contributed by atoms with E-state index in [2.05, 4.69) is 5.32 Å². The molecule has 2 aliphatic rings. The van der Waals surface area contributed by atoms with Crippen LogP contribution in [0.2, 0.25) is 0 Å². The highest BCUT2D eigenvalue weighted by atomic mass is 16.7. The largest absolute Gasteiger partial charge is 0.454 e. The van der Waals surface area contributed by atoms with Gasteiger partial charge in [-0.2, -0.15) is 0 Å².